The monoisotopic (exact) mass is 245 g/mol. The number of hydrogen-bond acceptors (Lipinski definition) is 5. The summed E-state index contributed by atoms with van der Waals surface area (Å²) in [5.74, 6) is 2.21. The van der Waals surface area contributed by atoms with Crippen LogP contribution in [0.15, 0.2) is 23.8 Å². The lowest BCUT2D eigenvalue weighted by Gasteiger charge is -2.05. The highest BCUT2D eigenvalue weighted by Gasteiger charge is 2.07. The van der Waals surface area contributed by atoms with Gasteiger partial charge < -0.3 is 10.3 Å². The predicted octanol–water partition coefficient (Wildman–Crippen LogP) is 1.83. The third kappa shape index (κ3) is 1.76. The van der Waals surface area contributed by atoms with Crippen LogP contribution >= 0.6 is 11.3 Å². The van der Waals surface area contributed by atoms with Gasteiger partial charge >= 0.3 is 0 Å². The van der Waals surface area contributed by atoms with Crippen molar-refractivity contribution >= 4 is 27.4 Å². The fourth-order valence-electron chi connectivity index (χ4n) is 1.72. The van der Waals surface area contributed by atoms with Gasteiger partial charge in [-0.3, -0.25) is 0 Å². The molecule has 5 nitrogen and oxygen atoms in total. The maximum Gasteiger partial charge on any atom is 0.152 e. The normalized spacial score (nSPS) is 11.1. The Morgan fingerprint density at radius 2 is 2.29 bits per heavy atom. The molecular formula is C11H11N5S. The molecule has 3 heterocycles. The molecule has 0 fully saturated rings. The molecule has 0 saturated carbocycles. The third-order valence-electron chi connectivity index (χ3n) is 2.64. The van der Waals surface area contributed by atoms with Crippen LogP contribution in [0.4, 0.5) is 5.82 Å². The van der Waals surface area contributed by atoms with Crippen molar-refractivity contribution in [2.24, 2.45) is 0 Å². The van der Waals surface area contributed by atoms with Gasteiger partial charge in [0, 0.05) is 12.4 Å². The van der Waals surface area contributed by atoms with E-state index in [2.05, 4.69) is 15.0 Å². The molecule has 0 atom stereocenters. The molecule has 0 spiro atoms. The van der Waals surface area contributed by atoms with Crippen LogP contribution in [0.2, 0.25) is 0 Å². The topological polar surface area (TPSA) is 69.6 Å². The van der Waals surface area contributed by atoms with Gasteiger partial charge in [-0.1, -0.05) is 0 Å². The van der Waals surface area contributed by atoms with E-state index in [-0.39, 0.29) is 0 Å². The Bertz CT molecular complexity index is 669. The third-order valence-corrected chi connectivity index (χ3v) is 3.44. The Morgan fingerprint density at radius 3 is 3.06 bits per heavy atom. The molecule has 0 bridgehead atoms. The van der Waals surface area contributed by atoms with E-state index in [0.717, 1.165) is 21.9 Å². The van der Waals surface area contributed by atoms with Gasteiger partial charge in [-0.15, -0.1) is 11.3 Å². The zero-order chi connectivity index (χ0) is 11.8. The van der Waals surface area contributed by atoms with E-state index in [9.17, 15) is 0 Å². The molecule has 6 heteroatoms. The Balaban J connectivity index is 2.03. The van der Waals surface area contributed by atoms with Gasteiger partial charge in [-0.05, 0) is 18.4 Å². The number of aryl methyl sites for hydroxylation is 1. The second kappa shape index (κ2) is 3.81. The number of nitrogens with zero attached hydrogens (tertiary/aromatic N) is 4. The molecule has 0 aliphatic rings. The Hall–Kier alpha value is -1.95. The van der Waals surface area contributed by atoms with Crippen molar-refractivity contribution in [1.82, 2.24) is 19.5 Å². The van der Waals surface area contributed by atoms with Gasteiger partial charge in [0.2, 0.25) is 0 Å². The highest BCUT2D eigenvalue weighted by Crippen LogP contribution is 2.23. The van der Waals surface area contributed by atoms with Gasteiger partial charge in [0.25, 0.3) is 0 Å². The minimum atomic E-state index is 0.545. The van der Waals surface area contributed by atoms with E-state index in [1.807, 2.05) is 29.1 Å². The lowest BCUT2D eigenvalue weighted by Crippen LogP contribution is -2.06. The van der Waals surface area contributed by atoms with Crippen LogP contribution in [0.1, 0.15) is 11.6 Å². The molecule has 3 rings (SSSR count). The van der Waals surface area contributed by atoms with E-state index in [1.54, 1.807) is 17.5 Å². The zero-order valence-electron chi connectivity index (χ0n) is 9.29. The summed E-state index contributed by atoms with van der Waals surface area (Å²) in [5.41, 5.74) is 5.90. The maximum atomic E-state index is 5.90. The second-order valence-electron chi connectivity index (χ2n) is 3.77. The molecule has 0 aliphatic carbocycles. The zero-order valence-corrected chi connectivity index (χ0v) is 10.1. The summed E-state index contributed by atoms with van der Waals surface area (Å²) >= 11 is 1.58. The van der Waals surface area contributed by atoms with E-state index in [4.69, 9.17) is 5.73 Å². The van der Waals surface area contributed by atoms with Crippen LogP contribution < -0.4 is 5.73 Å². The van der Waals surface area contributed by atoms with Gasteiger partial charge in [0.05, 0.1) is 11.9 Å². The highest BCUT2D eigenvalue weighted by molar-refractivity contribution is 7.16. The molecule has 3 aromatic heterocycles. The average molecular weight is 245 g/mol. The Morgan fingerprint density at radius 1 is 1.41 bits per heavy atom. The molecule has 2 N–H and O–H groups in total. The number of imidazole rings is 1. The lowest BCUT2D eigenvalue weighted by atomic mass is 10.4. The SMILES string of the molecule is Cc1nccn1Cc1nc(N)c2ccsc2n1. The smallest absolute Gasteiger partial charge is 0.152 e. The molecule has 0 saturated heterocycles. The number of anilines is 1. The summed E-state index contributed by atoms with van der Waals surface area (Å²) in [5, 5.41) is 2.91. The van der Waals surface area contributed by atoms with Crippen molar-refractivity contribution in [3.8, 4) is 0 Å². The molecule has 86 valence electrons. The van der Waals surface area contributed by atoms with Crippen LogP contribution in [-0.4, -0.2) is 19.5 Å². The van der Waals surface area contributed by atoms with E-state index >= 15 is 0 Å². The standard InChI is InChI=1S/C11H11N5S/c1-7-13-3-4-16(7)6-9-14-10(12)8-2-5-17-11(8)15-9/h2-5H,6H2,1H3,(H2,12,14,15). The number of rotatable bonds is 2. The van der Waals surface area contributed by atoms with Crippen molar-refractivity contribution in [3.05, 3.63) is 35.5 Å². The Kier molecular flexibility index (Phi) is 2.29. The van der Waals surface area contributed by atoms with Crippen molar-refractivity contribution in [2.45, 2.75) is 13.5 Å². The first kappa shape index (κ1) is 10.2. The molecule has 0 unspecified atom stereocenters. The summed E-state index contributed by atoms with van der Waals surface area (Å²) < 4.78 is 1.99. The first-order chi connectivity index (χ1) is 8.24. The van der Waals surface area contributed by atoms with Gasteiger partial charge in [-0.2, -0.15) is 0 Å². The predicted molar refractivity (Wildman–Crippen MR) is 67.9 cm³/mol. The molecule has 0 amide bonds. The van der Waals surface area contributed by atoms with Crippen LogP contribution in [-0.2, 0) is 6.54 Å². The number of hydrogen-bond donors (Lipinski definition) is 1. The van der Waals surface area contributed by atoms with Crippen molar-refractivity contribution in [2.75, 3.05) is 5.73 Å². The van der Waals surface area contributed by atoms with Crippen molar-refractivity contribution in [3.63, 3.8) is 0 Å². The van der Waals surface area contributed by atoms with Crippen molar-refractivity contribution < 1.29 is 0 Å². The van der Waals surface area contributed by atoms with E-state index < -0.39 is 0 Å². The number of nitrogen functional groups attached to an aromatic ring is 1. The number of aromatic nitrogens is 4. The highest BCUT2D eigenvalue weighted by atomic mass is 32.1. The van der Waals surface area contributed by atoms with Crippen LogP contribution in [0.25, 0.3) is 10.2 Å². The molecule has 0 aliphatic heterocycles. The number of nitrogens with two attached hydrogens (primary N) is 1. The minimum Gasteiger partial charge on any atom is -0.383 e. The first-order valence-electron chi connectivity index (χ1n) is 5.21. The van der Waals surface area contributed by atoms with Crippen LogP contribution in [0, 0.1) is 6.92 Å². The maximum absolute atomic E-state index is 5.90. The summed E-state index contributed by atoms with van der Waals surface area (Å²) in [6.07, 6.45) is 3.68. The second-order valence-corrected chi connectivity index (χ2v) is 4.66. The molecule has 0 aromatic carbocycles. The Labute approximate surface area is 102 Å². The van der Waals surface area contributed by atoms with Crippen LogP contribution in [0.3, 0.4) is 0 Å². The molecule has 17 heavy (non-hydrogen) atoms. The molecule has 0 radical (unpaired) electrons. The summed E-state index contributed by atoms with van der Waals surface area (Å²) in [6, 6.07) is 1.95. The number of thiophene rings is 1. The molecule has 3 aromatic rings. The van der Waals surface area contributed by atoms with Crippen molar-refractivity contribution in [1.29, 1.82) is 0 Å². The van der Waals surface area contributed by atoms with E-state index in [0.29, 0.717) is 12.4 Å². The van der Waals surface area contributed by atoms with Gasteiger partial charge in [0.15, 0.2) is 5.82 Å². The van der Waals surface area contributed by atoms with Gasteiger partial charge in [-0.25, -0.2) is 15.0 Å². The lowest BCUT2D eigenvalue weighted by molar-refractivity contribution is 0.723. The van der Waals surface area contributed by atoms with Crippen LogP contribution in [0.5, 0.6) is 0 Å². The largest absolute Gasteiger partial charge is 0.383 e. The fraction of sp³-hybridized carbons (Fsp3) is 0.182. The van der Waals surface area contributed by atoms with E-state index in [1.165, 1.54) is 0 Å². The quantitative estimate of drug-likeness (QED) is 0.747. The molecular weight excluding hydrogens is 234 g/mol. The summed E-state index contributed by atoms with van der Waals surface area (Å²) in [7, 11) is 0. The first-order valence-corrected chi connectivity index (χ1v) is 6.09. The minimum absolute atomic E-state index is 0.545. The summed E-state index contributed by atoms with van der Waals surface area (Å²) in [6.45, 7) is 2.55. The number of fused-ring (bicyclic) bond motifs is 1. The fourth-order valence-corrected chi connectivity index (χ4v) is 2.51. The summed E-state index contributed by atoms with van der Waals surface area (Å²) in [4.78, 5) is 13.9. The average Bonchev–Trinajstić information content (AvgIpc) is 2.89. The van der Waals surface area contributed by atoms with Gasteiger partial charge in [0.1, 0.15) is 16.5 Å².